The van der Waals surface area contributed by atoms with E-state index in [1.807, 2.05) is 0 Å². The van der Waals surface area contributed by atoms with E-state index in [1.165, 1.54) is 6.07 Å². The molecule has 8 heteroatoms. The van der Waals surface area contributed by atoms with Gasteiger partial charge in [0.25, 0.3) is 11.6 Å². The molecular formula is C13H7BrClFN2O3. The minimum absolute atomic E-state index is 0.332. The number of non-ortho nitro benzene ring substituents is 1. The standard InChI is InChI=1S/C13H7BrClFN2O3/c14-10-3-1-7(15)5-12(10)17-13(19)9-6-8(18(20)21)2-4-11(9)16/h1-6H,(H,17,19). The molecule has 0 aromatic heterocycles. The zero-order chi connectivity index (χ0) is 15.6. The Bertz CT molecular complexity index is 739. The fraction of sp³-hybridized carbons (Fsp3) is 0. The molecule has 0 saturated carbocycles. The van der Waals surface area contributed by atoms with Gasteiger partial charge in [-0.25, -0.2) is 4.39 Å². The van der Waals surface area contributed by atoms with Gasteiger partial charge in [-0.05, 0) is 40.2 Å². The Balaban J connectivity index is 2.34. The van der Waals surface area contributed by atoms with Crippen LogP contribution in [0.25, 0.3) is 0 Å². The van der Waals surface area contributed by atoms with Crippen molar-refractivity contribution in [2.45, 2.75) is 0 Å². The van der Waals surface area contributed by atoms with E-state index in [1.54, 1.807) is 12.1 Å². The fourth-order valence-corrected chi connectivity index (χ4v) is 2.10. The highest BCUT2D eigenvalue weighted by Crippen LogP contribution is 2.27. The van der Waals surface area contributed by atoms with Crippen molar-refractivity contribution in [3.8, 4) is 0 Å². The van der Waals surface area contributed by atoms with Crippen molar-refractivity contribution in [1.29, 1.82) is 0 Å². The van der Waals surface area contributed by atoms with Crippen molar-refractivity contribution in [3.05, 3.63) is 67.4 Å². The van der Waals surface area contributed by atoms with Gasteiger partial charge in [-0.15, -0.1) is 0 Å². The van der Waals surface area contributed by atoms with Crippen molar-refractivity contribution in [2.75, 3.05) is 5.32 Å². The predicted molar refractivity (Wildman–Crippen MR) is 80.2 cm³/mol. The molecule has 0 saturated heterocycles. The van der Waals surface area contributed by atoms with Gasteiger partial charge in [-0.1, -0.05) is 11.6 Å². The Morgan fingerprint density at radius 3 is 2.67 bits per heavy atom. The van der Waals surface area contributed by atoms with Gasteiger partial charge in [0.1, 0.15) is 5.82 Å². The van der Waals surface area contributed by atoms with Crippen LogP contribution >= 0.6 is 27.5 Å². The second kappa shape index (κ2) is 6.19. The number of nitro benzene ring substituents is 1. The van der Waals surface area contributed by atoms with Crippen molar-refractivity contribution >= 4 is 44.8 Å². The molecule has 0 heterocycles. The van der Waals surface area contributed by atoms with Gasteiger partial charge < -0.3 is 5.32 Å². The minimum atomic E-state index is -0.851. The van der Waals surface area contributed by atoms with Crippen LogP contribution in [0.5, 0.6) is 0 Å². The molecule has 0 bridgehead atoms. The molecule has 5 nitrogen and oxygen atoms in total. The van der Waals surface area contributed by atoms with Crippen LogP contribution in [0.2, 0.25) is 5.02 Å². The number of rotatable bonds is 3. The normalized spacial score (nSPS) is 10.2. The average molecular weight is 374 g/mol. The topological polar surface area (TPSA) is 72.2 Å². The van der Waals surface area contributed by atoms with E-state index < -0.39 is 22.2 Å². The monoisotopic (exact) mass is 372 g/mol. The molecule has 0 aliphatic heterocycles. The van der Waals surface area contributed by atoms with Gasteiger partial charge in [0.05, 0.1) is 16.2 Å². The molecule has 1 amide bonds. The number of benzene rings is 2. The molecule has 0 aliphatic rings. The number of anilines is 1. The SMILES string of the molecule is O=C(Nc1cc(Cl)ccc1Br)c1cc([N+](=O)[O-])ccc1F. The lowest BCUT2D eigenvalue weighted by Crippen LogP contribution is -2.14. The highest BCUT2D eigenvalue weighted by molar-refractivity contribution is 9.10. The maximum atomic E-state index is 13.6. The lowest BCUT2D eigenvalue weighted by molar-refractivity contribution is -0.384. The number of nitro groups is 1. The van der Waals surface area contributed by atoms with Crippen LogP contribution in [0.3, 0.4) is 0 Å². The van der Waals surface area contributed by atoms with Gasteiger partial charge >= 0.3 is 0 Å². The summed E-state index contributed by atoms with van der Waals surface area (Å²) in [5.74, 6) is -1.66. The summed E-state index contributed by atoms with van der Waals surface area (Å²) in [6.07, 6.45) is 0. The maximum absolute atomic E-state index is 13.6. The van der Waals surface area contributed by atoms with Crippen LogP contribution in [0.15, 0.2) is 40.9 Å². The van der Waals surface area contributed by atoms with Crippen LogP contribution in [0.4, 0.5) is 15.8 Å². The zero-order valence-corrected chi connectivity index (χ0v) is 12.6. The summed E-state index contributed by atoms with van der Waals surface area (Å²) in [7, 11) is 0. The first-order valence-corrected chi connectivity index (χ1v) is 6.76. The molecule has 0 radical (unpaired) electrons. The van der Waals surface area contributed by atoms with Gasteiger partial charge in [-0.2, -0.15) is 0 Å². The molecule has 2 aromatic rings. The van der Waals surface area contributed by atoms with Gasteiger partial charge in [-0.3, -0.25) is 14.9 Å². The fourth-order valence-electron chi connectivity index (χ4n) is 1.58. The minimum Gasteiger partial charge on any atom is -0.321 e. The molecule has 0 atom stereocenters. The van der Waals surface area contributed by atoms with Gasteiger partial charge in [0, 0.05) is 21.6 Å². The number of amides is 1. The number of halogens is 3. The summed E-state index contributed by atoms with van der Waals surface area (Å²) in [6.45, 7) is 0. The summed E-state index contributed by atoms with van der Waals surface area (Å²) in [6, 6.07) is 7.43. The van der Waals surface area contributed by atoms with Crippen LogP contribution in [0, 0.1) is 15.9 Å². The molecule has 0 aliphatic carbocycles. The smallest absolute Gasteiger partial charge is 0.270 e. The maximum Gasteiger partial charge on any atom is 0.270 e. The van der Waals surface area contributed by atoms with E-state index in [-0.39, 0.29) is 5.69 Å². The zero-order valence-electron chi connectivity index (χ0n) is 10.3. The Kier molecular flexibility index (Phi) is 4.54. The van der Waals surface area contributed by atoms with E-state index >= 15 is 0 Å². The number of hydrogen-bond donors (Lipinski definition) is 1. The number of nitrogens with one attached hydrogen (secondary N) is 1. The van der Waals surface area contributed by atoms with Gasteiger partial charge in [0.2, 0.25) is 0 Å². The van der Waals surface area contributed by atoms with E-state index in [4.69, 9.17) is 11.6 Å². The largest absolute Gasteiger partial charge is 0.321 e. The second-order valence-electron chi connectivity index (χ2n) is 4.00. The quantitative estimate of drug-likeness (QED) is 0.640. The molecule has 1 N–H and O–H groups in total. The third-order valence-electron chi connectivity index (χ3n) is 2.58. The summed E-state index contributed by atoms with van der Waals surface area (Å²) in [4.78, 5) is 22.0. The average Bonchev–Trinajstić information content (AvgIpc) is 2.43. The molecule has 0 fully saturated rings. The Morgan fingerprint density at radius 2 is 2.00 bits per heavy atom. The predicted octanol–water partition coefficient (Wildman–Crippen LogP) is 4.40. The van der Waals surface area contributed by atoms with E-state index in [2.05, 4.69) is 21.2 Å². The molecule has 21 heavy (non-hydrogen) atoms. The third-order valence-corrected chi connectivity index (χ3v) is 3.51. The van der Waals surface area contributed by atoms with E-state index in [9.17, 15) is 19.3 Å². The van der Waals surface area contributed by atoms with Crippen molar-refractivity contribution < 1.29 is 14.1 Å². The van der Waals surface area contributed by atoms with E-state index in [0.717, 1.165) is 18.2 Å². The van der Waals surface area contributed by atoms with Crippen molar-refractivity contribution in [3.63, 3.8) is 0 Å². The van der Waals surface area contributed by atoms with Crippen LogP contribution < -0.4 is 5.32 Å². The summed E-state index contributed by atoms with van der Waals surface area (Å²) in [5, 5.41) is 13.5. The second-order valence-corrected chi connectivity index (χ2v) is 5.29. The number of carbonyl (C=O) groups is 1. The number of hydrogen-bond acceptors (Lipinski definition) is 3. The molecule has 2 rings (SSSR count). The highest BCUT2D eigenvalue weighted by Gasteiger charge is 2.17. The highest BCUT2D eigenvalue weighted by atomic mass is 79.9. The summed E-state index contributed by atoms with van der Waals surface area (Å²) in [5.41, 5.74) is -0.457. The first-order chi connectivity index (χ1) is 9.88. The Morgan fingerprint density at radius 1 is 1.29 bits per heavy atom. The molecule has 108 valence electrons. The number of nitrogens with zero attached hydrogens (tertiary/aromatic N) is 1. The first-order valence-electron chi connectivity index (χ1n) is 5.59. The van der Waals surface area contributed by atoms with Crippen molar-refractivity contribution in [2.24, 2.45) is 0 Å². The Labute approximate surface area is 132 Å². The summed E-state index contributed by atoms with van der Waals surface area (Å²) < 4.78 is 14.2. The lowest BCUT2D eigenvalue weighted by Gasteiger charge is -2.08. The van der Waals surface area contributed by atoms with Crippen molar-refractivity contribution in [1.82, 2.24) is 0 Å². The lowest BCUT2D eigenvalue weighted by atomic mass is 10.1. The third kappa shape index (κ3) is 3.56. The molecule has 0 spiro atoms. The van der Waals surface area contributed by atoms with Crippen LogP contribution in [0.1, 0.15) is 10.4 Å². The number of carbonyl (C=O) groups excluding carboxylic acids is 1. The molecule has 2 aromatic carbocycles. The van der Waals surface area contributed by atoms with Crippen LogP contribution in [-0.4, -0.2) is 10.8 Å². The van der Waals surface area contributed by atoms with Crippen LogP contribution in [-0.2, 0) is 0 Å². The first kappa shape index (κ1) is 15.4. The molecule has 0 unspecified atom stereocenters. The Hall–Kier alpha value is -1.99. The van der Waals surface area contributed by atoms with E-state index in [0.29, 0.717) is 15.2 Å². The van der Waals surface area contributed by atoms with Gasteiger partial charge in [0.15, 0.2) is 0 Å². The molecular weight excluding hydrogens is 367 g/mol. The summed E-state index contributed by atoms with van der Waals surface area (Å²) >= 11 is 9.02.